The second-order valence-corrected chi connectivity index (χ2v) is 7.57. The smallest absolute Gasteiger partial charge is 0.289 e. The van der Waals surface area contributed by atoms with E-state index in [4.69, 9.17) is 4.52 Å². The van der Waals surface area contributed by atoms with Gasteiger partial charge in [0.05, 0.1) is 18.2 Å². The maximum atomic E-state index is 12.6. The van der Waals surface area contributed by atoms with Gasteiger partial charge < -0.3 is 9.84 Å². The molecule has 1 N–H and O–H groups in total. The number of thioether (sulfide) groups is 1. The van der Waals surface area contributed by atoms with E-state index < -0.39 is 0 Å². The molecule has 1 aromatic carbocycles. The monoisotopic (exact) mass is 373 g/mol. The average Bonchev–Trinajstić information content (AvgIpc) is 3.19. The van der Waals surface area contributed by atoms with E-state index in [0.717, 1.165) is 42.8 Å². The summed E-state index contributed by atoms with van der Waals surface area (Å²) in [5, 5.41) is 7.62. The number of carbonyl (C=O) groups excluding carboxylic acids is 3. The number of para-hydroxylation sites is 1. The van der Waals surface area contributed by atoms with E-state index >= 15 is 0 Å². The van der Waals surface area contributed by atoms with Gasteiger partial charge in [-0.3, -0.25) is 19.3 Å². The lowest BCUT2D eigenvalue weighted by molar-refractivity contribution is -0.129. The Kier molecular flexibility index (Phi) is 4.67. The number of fused-ring (bicyclic) bond motifs is 1. The van der Waals surface area contributed by atoms with E-state index in [9.17, 15) is 14.4 Å². The Morgan fingerprint density at radius 1 is 1.27 bits per heavy atom. The van der Waals surface area contributed by atoms with Crippen molar-refractivity contribution in [1.29, 1.82) is 0 Å². The van der Waals surface area contributed by atoms with E-state index in [1.165, 1.54) is 4.90 Å². The van der Waals surface area contributed by atoms with Gasteiger partial charge in [-0.2, -0.15) is 0 Å². The third-order valence-corrected chi connectivity index (χ3v) is 5.81. The summed E-state index contributed by atoms with van der Waals surface area (Å²) in [5.74, 6) is -0.137. The molecule has 4 rings (SSSR count). The van der Waals surface area contributed by atoms with E-state index in [0.29, 0.717) is 11.3 Å². The van der Waals surface area contributed by atoms with E-state index in [1.807, 2.05) is 24.3 Å². The predicted molar refractivity (Wildman–Crippen MR) is 96.6 cm³/mol. The highest BCUT2D eigenvalue weighted by Gasteiger charge is 2.41. The third-order valence-electron chi connectivity index (χ3n) is 4.97. The van der Waals surface area contributed by atoms with Gasteiger partial charge in [0.25, 0.3) is 5.24 Å². The minimum atomic E-state index is -0.253. The van der Waals surface area contributed by atoms with Crippen molar-refractivity contribution < 1.29 is 18.9 Å². The molecule has 1 saturated carbocycles. The van der Waals surface area contributed by atoms with Crippen LogP contribution in [-0.2, 0) is 16.0 Å². The first-order valence-electron chi connectivity index (χ1n) is 8.75. The maximum Gasteiger partial charge on any atom is 0.289 e. The Hall–Kier alpha value is -2.35. The molecule has 1 aliphatic heterocycles. The van der Waals surface area contributed by atoms with Crippen LogP contribution >= 0.6 is 11.8 Å². The van der Waals surface area contributed by atoms with E-state index in [2.05, 4.69) is 10.5 Å². The Morgan fingerprint density at radius 3 is 2.88 bits per heavy atom. The third kappa shape index (κ3) is 3.21. The van der Waals surface area contributed by atoms with Crippen molar-refractivity contribution in [2.45, 2.75) is 44.2 Å². The molecule has 2 heterocycles. The van der Waals surface area contributed by atoms with Gasteiger partial charge in [-0.1, -0.05) is 41.9 Å². The summed E-state index contributed by atoms with van der Waals surface area (Å²) in [6.45, 7) is 0. The topological polar surface area (TPSA) is 92.5 Å². The molecule has 1 aliphatic carbocycles. The number of nitrogens with zero attached hydrogens (tertiary/aromatic N) is 2. The summed E-state index contributed by atoms with van der Waals surface area (Å²) in [6.07, 6.45) is 3.52. The van der Waals surface area contributed by atoms with Crippen LogP contribution in [0, 0.1) is 0 Å². The molecule has 7 nitrogen and oxygen atoms in total. The number of amides is 3. The molecule has 2 aromatic rings. The van der Waals surface area contributed by atoms with E-state index in [1.54, 1.807) is 0 Å². The highest BCUT2D eigenvalue weighted by molar-refractivity contribution is 8.14. The lowest BCUT2D eigenvalue weighted by Crippen LogP contribution is -2.55. The predicted octanol–water partition coefficient (Wildman–Crippen LogP) is 2.49. The number of hydrogen-bond donors (Lipinski definition) is 1. The number of rotatable bonds is 4. The molecule has 2 fully saturated rings. The zero-order chi connectivity index (χ0) is 18.1. The van der Waals surface area contributed by atoms with Crippen LogP contribution in [0.25, 0.3) is 11.0 Å². The number of aromatic nitrogens is 1. The lowest BCUT2D eigenvalue weighted by Gasteiger charge is -2.36. The van der Waals surface area contributed by atoms with Crippen LogP contribution in [0.5, 0.6) is 0 Å². The Balaban J connectivity index is 1.47. The molecule has 3 amide bonds. The molecule has 0 radical (unpaired) electrons. The van der Waals surface area contributed by atoms with Crippen LogP contribution in [0.2, 0.25) is 0 Å². The zero-order valence-electron chi connectivity index (χ0n) is 14.1. The molecule has 2 atom stereocenters. The first-order valence-corrected chi connectivity index (χ1v) is 9.73. The zero-order valence-corrected chi connectivity index (χ0v) is 15.0. The minimum absolute atomic E-state index is 0.108. The molecule has 0 bridgehead atoms. The Bertz CT molecular complexity index is 849. The Labute approximate surface area is 154 Å². The summed E-state index contributed by atoms with van der Waals surface area (Å²) < 4.78 is 5.24. The molecule has 0 unspecified atom stereocenters. The van der Waals surface area contributed by atoms with Gasteiger partial charge in [-0.15, -0.1) is 0 Å². The summed E-state index contributed by atoms with van der Waals surface area (Å²) in [4.78, 5) is 38.0. The molecule has 26 heavy (non-hydrogen) atoms. The SMILES string of the molecule is O=C(Cc1noc2ccccc12)N[C@@H]1CCCC[C@H]1N1C(=O)CSC1=O. The summed E-state index contributed by atoms with van der Waals surface area (Å²) in [7, 11) is 0. The molecule has 1 aromatic heterocycles. The molecule has 136 valence electrons. The fourth-order valence-corrected chi connectivity index (χ4v) is 4.51. The second-order valence-electron chi connectivity index (χ2n) is 6.65. The summed E-state index contributed by atoms with van der Waals surface area (Å²) in [5.41, 5.74) is 1.24. The second kappa shape index (κ2) is 7.11. The van der Waals surface area contributed by atoms with Crippen LogP contribution in [0.3, 0.4) is 0 Å². The minimum Gasteiger partial charge on any atom is -0.356 e. The number of nitrogens with one attached hydrogen (secondary N) is 1. The summed E-state index contributed by atoms with van der Waals surface area (Å²) >= 11 is 1.04. The maximum absolute atomic E-state index is 12.6. The molecular formula is C18H19N3O4S. The standard InChI is InChI=1S/C18H19N3O4S/c22-16(9-13-11-5-1-4-8-15(11)25-20-13)19-12-6-2-3-7-14(12)21-17(23)10-26-18(21)24/h1,4-5,8,12,14H,2-3,6-7,9-10H2,(H,19,22)/t12-,14-/m1/s1. The van der Waals surface area contributed by atoms with Crippen molar-refractivity contribution in [2.75, 3.05) is 5.75 Å². The van der Waals surface area contributed by atoms with Crippen molar-refractivity contribution in [3.8, 4) is 0 Å². The van der Waals surface area contributed by atoms with Gasteiger partial charge in [0.2, 0.25) is 11.8 Å². The lowest BCUT2D eigenvalue weighted by atomic mass is 9.89. The normalized spacial score (nSPS) is 23.6. The largest absolute Gasteiger partial charge is 0.356 e. The molecular weight excluding hydrogens is 354 g/mol. The molecule has 1 saturated heterocycles. The van der Waals surface area contributed by atoms with Crippen molar-refractivity contribution in [1.82, 2.24) is 15.4 Å². The van der Waals surface area contributed by atoms with Crippen LogP contribution < -0.4 is 5.32 Å². The molecule has 8 heteroatoms. The van der Waals surface area contributed by atoms with Crippen LogP contribution in [0.4, 0.5) is 4.79 Å². The van der Waals surface area contributed by atoms with Gasteiger partial charge >= 0.3 is 0 Å². The molecule has 2 aliphatic rings. The fraction of sp³-hybridized carbons (Fsp3) is 0.444. The Morgan fingerprint density at radius 2 is 2.08 bits per heavy atom. The van der Waals surface area contributed by atoms with Crippen LogP contribution in [0.15, 0.2) is 28.8 Å². The van der Waals surface area contributed by atoms with Crippen molar-refractivity contribution >= 4 is 39.8 Å². The molecule has 0 spiro atoms. The highest BCUT2D eigenvalue weighted by atomic mass is 32.2. The number of benzene rings is 1. The quantitative estimate of drug-likeness (QED) is 0.885. The number of hydrogen-bond acceptors (Lipinski definition) is 6. The first kappa shape index (κ1) is 17.1. The van der Waals surface area contributed by atoms with Gasteiger partial charge in [0, 0.05) is 11.4 Å². The highest BCUT2D eigenvalue weighted by Crippen LogP contribution is 2.30. The number of imide groups is 1. The van der Waals surface area contributed by atoms with Crippen LogP contribution in [0.1, 0.15) is 31.4 Å². The fourth-order valence-electron chi connectivity index (χ4n) is 3.75. The number of carbonyl (C=O) groups is 3. The first-order chi connectivity index (χ1) is 12.6. The van der Waals surface area contributed by atoms with Gasteiger partial charge in [0.15, 0.2) is 5.58 Å². The van der Waals surface area contributed by atoms with Gasteiger partial charge in [0.1, 0.15) is 5.69 Å². The van der Waals surface area contributed by atoms with Gasteiger partial charge in [-0.25, -0.2) is 0 Å². The summed E-state index contributed by atoms with van der Waals surface area (Å²) in [6, 6.07) is 6.95. The van der Waals surface area contributed by atoms with Crippen molar-refractivity contribution in [2.24, 2.45) is 0 Å². The van der Waals surface area contributed by atoms with Crippen molar-refractivity contribution in [3.05, 3.63) is 30.0 Å². The van der Waals surface area contributed by atoms with Crippen LogP contribution in [-0.4, -0.2) is 44.9 Å². The van der Waals surface area contributed by atoms with Gasteiger partial charge in [-0.05, 0) is 25.0 Å². The van der Waals surface area contributed by atoms with E-state index in [-0.39, 0.29) is 41.3 Å². The average molecular weight is 373 g/mol. The van der Waals surface area contributed by atoms with Crippen molar-refractivity contribution in [3.63, 3.8) is 0 Å².